The molecule has 2 aliphatic rings. The predicted octanol–water partition coefficient (Wildman–Crippen LogP) is 2.30. The lowest BCUT2D eigenvalue weighted by Crippen LogP contribution is -2.44. The molecule has 1 aromatic heterocycles. The van der Waals surface area contributed by atoms with E-state index in [1.165, 1.54) is 4.68 Å². The van der Waals surface area contributed by atoms with Crippen LogP contribution in [0.15, 0.2) is 77.7 Å². The average molecular weight is 480 g/mol. The topological polar surface area (TPSA) is 117 Å². The van der Waals surface area contributed by atoms with Gasteiger partial charge in [0.2, 0.25) is 10.0 Å². The Hall–Kier alpha value is -3.38. The van der Waals surface area contributed by atoms with Crippen molar-refractivity contribution in [1.29, 1.82) is 0 Å². The number of hydrogen-bond donors (Lipinski definition) is 1. The SMILES string of the molecule is O=S(=O)(N[C@H]1CO[C@H]2[C@@H]1OC[C@@H]2n1nnnc1Oc1ccccc1)c1ccc2ccccc2c1. The quantitative estimate of drug-likeness (QED) is 0.448. The number of ether oxygens (including phenoxy) is 3. The van der Waals surface area contributed by atoms with E-state index in [9.17, 15) is 8.42 Å². The number of sulfonamides is 1. The lowest BCUT2D eigenvalue weighted by molar-refractivity contribution is 0.0615. The molecule has 3 aromatic carbocycles. The largest absolute Gasteiger partial charge is 0.423 e. The van der Waals surface area contributed by atoms with E-state index in [4.69, 9.17) is 14.2 Å². The summed E-state index contributed by atoms with van der Waals surface area (Å²) in [6.07, 6.45) is -0.903. The number of nitrogens with one attached hydrogen (secondary N) is 1. The highest BCUT2D eigenvalue weighted by Crippen LogP contribution is 2.36. The Balaban J connectivity index is 1.19. The van der Waals surface area contributed by atoms with Crippen molar-refractivity contribution in [2.24, 2.45) is 0 Å². The Morgan fingerprint density at radius 3 is 2.53 bits per heavy atom. The lowest BCUT2D eigenvalue weighted by atomic mass is 10.1. The molecule has 2 saturated heterocycles. The second-order valence-corrected chi connectivity index (χ2v) is 9.94. The fraction of sp³-hybridized carbons (Fsp3) is 0.261. The third-order valence-electron chi connectivity index (χ3n) is 6.09. The molecule has 3 heterocycles. The Kier molecular flexibility index (Phi) is 5.26. The van der Waals surface area contributed by atoms with Gasteiger partial charge in [-0.25, -0.2) is 13.1 Å². The van der Waals surface area contributed by atoms with Gasteiger partial charge in [-0.2, -0.15) is 4.68 Å². The highest BCUT2D eigenvalue weighted by molar-refractivity contribution is 7.89. The first-order chi connectivity index (χ1) is 16.6. The summed E-state index contributed by atoms with van der Waals surface area (Å²) in [5.41, 5.74) is 0. The van der Waals surface area contributed by atoms with E-state index < -0.39 is 28.3 Å². The van der Waals surface area contributed by atoms with Gasteiger partial charge in [0.15, 0.2) is 0 Å². The molecule has 11 heteroatoms. The maximum atomic E-state index is 13.1. The van der Waals surface area contributed by atoms with Crippen LogP contribution < -0.4 is 9.46 Å². The van der Waals surface area contributed by atoms with Gasteiger partial charge in [-0.3, -0.25) is 0 Å². The highest BCUT2D eigenvalue weighted by Gasteiger charge is 2.50. The normalized spacial score (nSPS) is 24.4. The monoisotopic (exact) mass is 479 g/mol. The fourth-order valence-electron chi connectivity index (χ4n) is 4.45. The number of fused-ring (bicyclic) bond motifs is 2. The van der Waals surface area contributed by atoms with Gasteiger partial charge in [-0.15, -0.1) is 0 Å². The van der Waals surface area contributed by atoms with Crippen molar-refractivity contribution in [3.63, 3.8) is 0 Å². The molecule has 4 atom stereocenters. The summed E-state index contributed by atoms with van der Waals surface area (Å²) in [6.45, 7) is 0.440. The zero-order chi connectivity index (χ0) is 23.1. The van der Waals surface area contributed by atoms with Crippen LogP contribution in [-0.2, 0) is 19.5 Å². The second-order valence-electron chi connectivity index (χ2n) is 8.22. The molecule has 4 aromatic rings. The highest BCUT2D eigenvalue weighted by atomic mass is 32.2. The van der Waals surface area contributed by atoms with Crippen molar-refractivity contribution in [3.05, 3.63) is 72.8 Å². The van der Waals surface area contributed by atoms with Crippen LogP contribution in [0.25, 0.3) is 10.8 Å². The maximum absolute atomic E-state index is 13.1. The van der Waals surface area contributed by atoms with Gasteiger partial charge in [0.05, 0.1) is 24.2 Å². The number of hydrogen-bond acceptors (Lipinski definition) is 8. The van der Waals surface area contributed by atoms with Gasteiger partial charge in [0.25, 0.3) is 0 Å². The van der Waals surface area contributed by atoms with Crippen LogP contribution in [0.5, 0.6) is 11.8 Å². The summed E-state index contributed by atoms with van der Waals surface area (Å²) in [5.74, 6) is 0.599. The fourth-order valence-corrected chi connectivity index (χ4v) is 5.71. The number of tetrazole rings is 1. The van der Waals surface area contributed by atoms with Crippen LogP contribution in [0.3, 0.4) is 0 Å². The molecule has 0 bridgehead atoms. The summed E-state index contributed by atoms with van der Waals surface area (Å²) < 4.78 is 48.2. The molecule has 0 spiro atoms. The second kappa shape index (κ2) is 8.44. The van der Waals surface area contributed by atoms with E-state index in [1.807, 2.05) is 42.5 Å². The minimum atomic E-state index is -3.78. The third-order valence-corrected chi connectivity index (χ3v) is 7.58. The molecular weight excluding hydrogens is 458 g/mol. The molecule has 0 unspecified atom stereocenters. The van der Waals surface area contributed by atoms with Gasteiger partial charge in [-0.1, -0.05) is 53.6 Å². The van der Waals surface area contributed by atoms with Crippen molar-refractivity contribution >= 4 is 20.8 Å². The molecule has 10 nitrogen and oxygen atoms in total. The molecule has 34 heavy (non-hydrogen) atoms. The van der Waals surface area contributed by atoms with Crippen LogP contribution in [0.1, 0.15) is 6.04 Å². The van der Waals surface area contributed by atoms with E-state index in [0.29, 0.717) is 5.75 Å². The first-order valence-electron chi connectivity index (χ1n) is 10.8. The smallest absolute Gasteiger partial charge is 0.341 e. The minimum absolute atomic E-state index is 0.176. The molecule has 2 fully saturated rings. The van der Waals surface area contributed by atoms with Crippen molar-refractivity contribution in [1.82, 2.24) is 24.9 Å². The maximum Gasteiger partial charge on any atom is 0.341 e. The van der Waals surface area contributed by atoms with Crippen molar-refractivity contribution in [2.45, 2.75) is 29.2 Å². The Labute approximate surface area is 195 Å². The van der Waals surface area contributed by atoms with Crippen LogP contribution >= 0.6 is 0 Å². The van der Waals surface area contributed by atoms with E-state index >= 15 is 0 Å². The Morgan fingerprint density at radius 2 is 1.68 bits per heavy atom. The summed E-state index contributed by atoms with van der Waals surface area (Å²) >= 11 is 0. The molecule has 6 rings (SSSR count). The standard InChI is InChI=1S/C23H21N5O5S/c29-34(30,18-11-10-15-6-4-5-7-16(15)12-18)25-19-13-31-22-20(14-32-21(19)22)28-23(24-26-27-28)33-17-8-2-1-3-9-17/h1-12,19-22,25H,13-14H2/t19-,20-,21+,22+/m0/s1. The average Bonchev–Trinajstić information content (AvgIpc) is 3.57. The van der Waals surface area contributed by atoms with Crippen LogP contribution in [0, 0.1) is 0 Å². The minimum Gasteiger partial charge on any atom is -0.423 e. The first-order valence-corrected chi connectivity index (χ1v) is 12.3. The number of aromatic nitrogens is 4. The van der Waals surface area contributed by atoms with E-state index in [0.717, 1.165) is 10.8 Å². The molecule has 0 radical (unpaired) electrons. The number of benzene rings is 3. The number of rotatable bonds is 6. The zero-order valence-corrected chi connectivity index (χ0v) is 18.7. The van der Waals surface area contributed by atoms with E-state index in [1.54, 1.807) is 30.3 Å². The molecule has 1 N–H and O–H groups in total. The third kappa shape index (κ3) is 3.82. The van der Waals surface area contributed by atoms with Crippen LogP contribution in [0.2, 0.25) is 0 Å². The summed E-state index contributed by atoms with van der Waals surface area (Å²) in [7, 11) is -3.78. The molecule has 174 valence electrons. The van der Waals surface area contributed by atoms with E-state index in [-0.39, 0.29) is 30.2 Å². The van der Waals surface area contributed by atoms with Crippen molar-refractivity contribution < 1.29 is 22.6 Å². The molecule has 0 saturated carbocycles. The van der Waals surface area contributed by atoms with Crippen LogP contribution in [-0.4, -0.2) is 60.1 Å². The first kappa shape index (κ1) is 21.2. The summed E-state index contributed by atoms with van der Waals surface area (Å²) in [4.78, 5) is 0.197. The molecule has 0 aliphatic carbocycles. The summed E-state index contributed by atoms with van der Waals surface area (Å²) in [6, 6.07) is 21.2. The zero-order valence-electron chi connectivity index (χ0n) is 17.9. The predicted molar refractivity (Wildman–Crippen MR) is 121 cm³/mol. The van der Waals surface area contributed by atoms with Crippen LogP contribution in [0.4, 0.5) is 0 Å². The van der Waals surface area contributed by atoms with Gasteiger partial charge in [0.1, 0.15) is 24.0 Å². The number of para-hydroxylation sites is 1. The van der Waals surface area contributed by atoms with Crippen molar-refractivity contribution in [3.8, 4) is 11.8 Å². The van der Waals surface area contributed by atoms with Crippen molar-refractivity contribution in [2.75, 3.05) is 13.2 Å². The van der Waals surface area contributed by atoms with Gasteiger partial charge in [-0.05, 0) is 45.5 Å². The number of nitrogens with zero attached hydrogens (tertiary/aromatic N) is 4. The van der Waals surface area contributed by atoms with Gasteiger partial charge < -0.3 is 14.2 Å². The molecule has 2 aliphatic heterocycles. The van der Waals surface area contributed by atoms with Gasteiger partial charge >= 0.3 is 6.01 Å². The Bertz CT molecular complexity index is 1430. The molecular formula is C23H21N5O5S. The lowest BCUT2D eigenvalue weighted by Gasteiger charge is -2.18. The molecule has 0 amide bonds. The van der Waals surface area contributed by atoms with Gasteiger partial charge in [0, 0.05) is 0 Å². The van der Waals surface area contributed by atoms with E-state index in [2.05, 4.69) is 20.2 Å². The Morgan fingerprint density at radius 1 is 0.912 bits per heavy atom. The summed E-state index contributed by atoms with van der Waals surface area (Å²) in [5, 5.41) is 13.6.